The first-order valence-corrected chi connectivity index (χ1v) is 12.4. The molecule has 0 bridgehead atoms. The van der Waals surface area contributed by atoms with Gasteiger partial charge in [0.05, 0.1) is 17.3 Å². The van der Waals surface area contributed by atoms with Crippen LogP contribution in [0.1, 0.15) is 15.9 Å². The third kappa shape index (κ3) is 4.89. The molecule has 15 heteroatoms. The largest absolute Gasteiger partial charge is 0.401 e. The smallest absolute Gasteiger partial charge is 0.389 e. The van der Waals surface area contributed by atoms with Crippen molar-refractivity contribution in [3.05, 3.63) is 82.2 Å². The SMILES string of the molecule is CNC(=O)c1cccc(N2CCN(c3nccc(-c4ccc(-n5c(OC(F)F)nn(C)c5=O)cc4C#N)c3F)C2=O)c1. The van der Waals surface area contributed by atoms with Crippen molar-refractivity contribution in [2.24, 2.45) is 7.05 Å². The van der Waals surface area contributed by atoms with E-state index < -0.39 is 30.2 Å². The van der Waals surface area contributed by atoms with Crippen LogP contribution in [0.4, 0.5) is 29.5 Å². The summed E-state index contributed by atoms with van der Waals surface area (Å²) in [7, 11) is 2.73. The Kier molecular flexibility index (Phi) is 7.36. The number of nitrogens with one attached hydrogen (secondary N) is 1. The second kappa shape index (κ2) is 11.1. The molecule has 1 fully saturated rings. The molecule has 1 aliphatic rings. The number of benzene rings is 2. The Bertz CT molecular complexity index is 1810. The van der Waals surface area contributed by atoms with Crippen molar-refractivity contribution in [2.45, 2.75) is 6.61 Å². The maximum atomic E-state index is 15.9. The lowest BCUT2D eigenvalue weighted by Gasteiger charge is -2.20. The molecule has 12 nitrogen and oxygen atoms in total. The van der Waals surface area contributed by atoms with Gasteiger partial charge in [0.15, 0.2) is 11.6 Å². The Morgan fingerprint density at radius 2 is 1.83 bits per heavy atom. The van der Waals surface area contributed by atoms with Gasteiger partial charge in [0.2, 0.25) is 0 Å². The number of amides is 3. The first-order valence-electron chi connectivity index (χ1n) is 12.4. The van der Waals surface area contributed by atoms with Crippen LogP contribution < -0.4 is 25.5 Å². The van der Waals surface area contributed by atoms with Gasteiger partial charge in [-0.1, -0.05) is 12.1 Å². The van der Waals surface area contributed by atoms with Crippen molar-refractivity contribution in [1.82, 2.24) is 24.6 Å². The number of halogens is 3. The minimum absolute atomic E-state index is 0.0110. The first kappa shape index (κ1) is 27.9. The zero-order valence-corrected chi connectivity index (χ0v) is 22.1. The monoisotopic (exact) mass is 578 g/mol. The predicted molar refractivity (Wildman–Crippen MR) is 143 cm³/mol. The first-order chi connectivity index (χ1) is 20.1. The summed E-state index contributed by atoms with van der Waals surface area (Å²) < 4.78 is 47.6. The minimum atomic E-state index is -3.26. The lowest BCUT2D eigenvalue weighted by Crippen LogP contribution is -2.33. The summed E-state index contributed by atoms with van der Waals surface area (Å²) in [4.78, 5) is 44.5. The number of carbonyl (C=O) groups excluding carboxylic acids is 2. The zero-order valence-electron chi connectivity index (χ0n) is 22.1. The summed E-state index contributed by atoms with van der Waals surface area (Å²) in [6.45, 7) is -2.96. The fourth-order valence-electron chi connectivity index (χ4n) is 4.58. The second-order valence-corrected chi connectivity index (χ2v) is 8.96. The highest BCUT2D eigenvalue weighted by Gasteiger charge is 2.34. The number of hydrogen-bond donors (Lipinski definition) is 1. The van der Waals surface area contributed by atoms with Crippen molar-refractivity contribution < 1.29 is 27.5 Å². The summed E-state index contributed by atoms with van der Waals surface area (Å²) in [5.74, 6) is -1.48. The predicted octanol–water partition coefficient (Wildman–Crippen LogP) is 3.05. The summed E-state index contributed by atoms with van der Waals surface area (Å²) >= 11 is 0. The number of aromatic nitrogens is 4. The highest BCUT2D eigenvalue weighted by molar-refractivity contribution is 6.06. The summed E-state index contributed by atoms with van der Waals surface area (Å²) in [6.07, 6.45) is 1.28. The normalized spacial score (nSPS) is 13.0. The molecule has 0 radical (unpaired) electrons. The average molecular weight is 579 g/mol. The molecule has 1 aliphatic heterocycles. The molecular weight excluding hydrogens is 557 g/mol. The maximum Gasteiger partial charge on any atom is 0.389 e. The average Bonchev–Trinajstić information content (AvgIpc) is 3.50. The molecule has 2 aromatic heterocycles. The molecule has 2 aromatic carbocycles. The van der Waals surface area contributed by atoms with Gasteiger partial charge in [-0.15, -0.1) is 5.10 Å². The summed E-state index contributed by atoms with van der Waals surface area (Å²) in [5.41, 5.74) is -0.0655. The van der Waals surface area contributed by atoms with Crippen LogP contribution in [0.3, 0.4) is 0 Å². The molecule has 42 heavy (non-hydrogen) atoms. The summed E-state index contributed by atoms with van der Waals surface area (Å²) in [6, 6.07) is 12.3. The van der Waals surface area contributed by atoms with Crippen LogP contribution in [0.2, 0.25) is 0 Å². The van der Waals surface area contributed by atoms with Crippen LogP contribution in [0.25, 0.3) is 16.8 Å². The van der Waals surface area contributed by atoms with Crippen LogP contribution in [-0.4, -0.2) is 58.0 Å². The van der Waals surface area contributed by atoms with Crippen molar-refractivity contribution >= 4 is 23.4 Å². The number of nitrogens with zero attached hydrogens (tertiary/aromatic N) is 7. The lowest BCUT2D eigenvalue weighted by molar-refractivity contribution is -0.0575. The second-order valence-electron chi connectivity index (χ2n) is 8.96. The Morgan fingerprint density at radius 1 is 1.07 bits per heavy atom. The molecule has 5 rings (SSSR count). The molecule has 0 spiro atoms. The number of pyridine rings is 1. The number of anilines is 2. The van der Waals surface area contributed by atoms with Crippen molar-refractivity contribution in [1.29, 1.82) is 5.26 Å². The number of nitriles is 1. The van der Waals surface area contributed by atoms with Crippen LogP contribution in [0.15, 0.2) is 59.5 Å². The zero-order chi connectivity index (χ0) is 30.1. The Labute approximate surface area is 235 Å². The van der Waals surface area contributed by atoms with Gasteiger partial charge in [-0.2, -0.15) is 14.0 Å². The van der Waals surface area contributed by atoms with Crippen molar-refractivity contribution in [3.8, 4) is 28.9 Å². The van der Waals surface area contributed by atoms with Crippen molar-refractivity contribution in [2.75, 3.05) is 29.9 Å². The molecule has 4 aromatic rings. The highest BCUT2D eigenvalue weighted by atomic mass is 19.3. The van der Waals surface area contributed by atoms with Gasteiger partial charge < -0.3 is 10.1 Å². The third-order valence-electron chi connectivity index (χ3n) is 6.54. The van der Waals surface area contributed by atoms with E-state index in [1.165, 1.54) is 49.5 Å². The molecule has 1 saturated heterocycles. The van der Waals surface area contributed by atoms with E-state index in [4.69, 9.17) is 0 Å². The third-order valence-corrected chi connectivity index (χ3v) is 6.54. The van der Waals surface area contributed by atoms with E-state index in [1.807, 2.05) is 6.07 Å². The van der Waals surface area contributed by atoms with Gasteiger partial charge in [0.1, 0.15) is 0 Å². The molecule has 0 saturated carbocycles. The van der Waals surface area contributed by atoms with Crippen LogP contribution >= 0.6 is 0 Å². The van der Waals surface area contributed by atoms with Gasteiger partial charge in [-0.05, 0) is 36.4 Å². The number of alkyl halides is 2. The van der Waals surface area contributed by atoms with Gasteiger partial charge in [0.25, 0.3) is 5.91 Å². The Hall–Kier alpha value is -5.65. The van der Waals surface area contributed by atoms with E-state index in [2.05, 4.69) is 20.1 Å². The maximum absolute atomic E-state index is 15.9. The topological polar surface area (TPSA) is 138 Å². The Balaban J connectivity index is 1.49. The van der Waals surface area contributed by atoms with Gasteiger partial charge in [-0.25, -0.2) is 28.2 Å². The quantitative estimate of drug-likeness (QED) is 0.356. The van der Waals surface area contributed by atoms with Gasteiger partial charge in [0, 0.05) is 55.8 Å². The molecule has 3 heterocycles. The molecule has 3 amide bonds. The lowest BCUT2D eigenvalue weighted by atomic mass is 9.99. The molecule has 214 valence electrons. The van der Waals surface area contributed by atoms with E-state index in [-0.39, 0.29) is 47.2 Å². The fourth-order valence-corrected chi connectivity index (χ4v) is 4.58. The van der Waals surface area contributed by atoms with E-state index in [9.17, 15) is 28.4 Å². The van der Waals surface area contributed by atoms with Gasteiger partial charge in [-0.3, -0.25) is 14.6 Å². The number of ether oxygens (including phenoxy) is 1. The van der Waals surface area contributed by atoms with E-state index in [0.29, 0.717) is 11.3 Å². The number of rotatable bonds is 7. The molecule has 0 aliphatic carbocycles. The number of carbonyl (C=O) groups is 2. The standard InChI is InChI=1S/C27H21F3N8O4/c1-32-23(39)15-4-3-5-17(12-15)36-10-11-37(27(36)41)22-21(28)20(8-9-33-22)19-7-6-18(13-16(19)14-31)38-25(42-24(29)30)34-35(2)26(38)40/h3-9,12-13,24H,10-11H2,1-2H3,(H,32,39). The minimum Gasteiger partial charge on any atom is -0.401 e. The molecule has 0 unspecified atom stereocenters. The van der Waals surface area contributed by atoms with Crippen LogP contribution in [0.5, 0.6) is 6.01 Å². The van der Waals surface area contributed by atoms with Gasteiger partial charge >= 0.3 is 24.3 Å². The van der Waals surface area contributed by atoms with Crippen LogP contribution in [0, 0.1) is 17.1 Å². The number of urea groups is 1. The van der Waals surface area contributed by atoms with E-state index in [0.717, 1.165) is 14.1 Å². The van der Waals surface area contributed by atoms with E-state index >= 15 is 4.39 Å². The van der Waals surface area contributed by atoms with Crippen LogP contribution in [-0.2, 0) is 7.05 Å². The number of aryl methyl sites for hydroxylation is 1. The molecule has 0 atom stereocenters. The van der Waals surface area contributed by atoms with Crippen molar-refractivity contribution in [3.63, 3.8) is 0 Å². The molecule has 1 N–H and O–H groups in total. The molecular formula is C27H21F3N8O4. The fraction of sp³-hybridized carbons (Fsp3) is 0.185. The van der Waals surface area contributed by atoms with E-state index in [1.54, 1.807) is 24.3 Å². The highest BCUT2D eigenvalue weighted by Crippen LogP contribution is 2.34. The Morgan fingerprint density at radius 3 is 2.55 bits per heavy atom. The summed E-state index contributed by atoms with van der Waals surface area (Å²) in [5, 5.41) is 16.0. The number of hydrogen-bond acceptors (Lipinski definition) is 7.